The van der Waals surface area contributed by atoms with E-state index in [1.165, 1.54) is 51.4 Å². The van der Waals surface area contributed by atoms with Crippen molar-refractivity contribution in [1.82, 2.24) is 0 Å². The third-order valence-corrected chi connectivity index (χ3v) is 21.3. The molecular weight excluding hydrogens is 1000 g/mol. The average molecular weight is 1100 g/mol. The van der Waals surface area contributed by atoms with E-state index in [-0.39, 0.29) is 99.8 Å². The van der Waals surface area contributed by atoms with Gasteiger partial charge in [-0.25, -0.2) is 0 Å². The van der Waals surface area contributed by atoms with E-state index in [4.69, 9.17) is 15.5 Å². The SMILES string of the molecule is C.C1=COCCC1.CC(=O)C12CC3CC(C1)C(O)C(C3)C2.CC(=O)C12CC3CC(C1)C(OC1CCCCO1)C(C3)C2.O=C(O)C12CC3CC(C1)C(O)C(C3)C2.O=C1C2CC3CC1CC(C(=O)O)(C3)C2.[3H][P+](P)=S.[B].[H-].[Na+]. The number of carbonyl (C=O) groups excluding carboxylic acids is 3. The van der Waals surface area contributed by atoms with Crippen LogP contribution in [-0.2, 0) is 50.0 Å². The van der Waals surface area contributed by atoms with Gasteiger partial charge in [-0.2, -0.15) is 0 Å². The van der Waals surface area contributed by atoms with E-state index in [0.717, 1.165) is 121 Å². The summed E-state index contributed by atoms with van der Waals surface area (Å²) in [5.74, 6) is 5.29. The van der Waals surface area contributed by atoms with Crippen molar-refractivity contribution in [2.75, 3.05) is 13.2 Å². The molecule has 3 radical (unpaired) electrons. The maximum atomic E-state index is 12.1. The number of aliphatic hydroxyl groups is 2. The number of carboxylic acid groups (broad SMARTS) is 2. The van der Waals surface area contributed by atoms with Gasteiger partial charge in [-0.1, -0.05) is 7.43 Å². The maximum Gasteiger partial charge on any atom is 1.00 e. The van der Waals surface area contributed by atoms with Crippen LogP contribution < -0.4 is 29.6 Å². The smallest absolute Gasteiger partial charge is 1.00 e. The summed E-state index contributed by atoms with van der Waals surface area (Å²) in [6.07, 6.45) is 29.4. The van der Waals surface area contributed by atoms with Gasteiger partial charge in [0, 0.05) is 37.7 Å². The van der Waals surface area contributed by atoms with E-state index in [2.05, 4.69) is 20.7 Å². The van der Waals surface area contributed by atoms with Crippen molar-refractivity contribution in [2.45, 2.75) is 206 Å². The number of Topliss-reactive ketones (excluding diaryl/α,β-unsaturated/α-hetero) is 3. The summed E-state index contributed by atoms with van der Waals surface area (Å²) in [5.41, 5.74) is -0.986. The number of hydrogen-bond acceptors (Lipinski definition) is 11. The van der Waals surface area contributed by atoms with E-state index in [0.29, 0.717) is 71.8 Å². The minimum atomic E-state index is -0.870. The molecule has 11 atom stereocenters. The molecule has 17 fully saturated rings. The first-order valence-electron chi connectivity index (χ1n) is 28.3. The second kappa shape index (κ2) is 25.9. The number of allylic oxidation sites excluding steroid dienone is 1. The van der Waals surface area contributed by atoms with Crippen LogP contribution in [-0.4, -0.2) is 97.2 Å². The van der Waals surface area contributed by atoms with Gasteiger partial charge in [0.1, 0.15) is 17.3 Å². The molecule has 16 aliphatic carbocycles. The Labute approximate surface area is 477 Å². The Balaban J connectivity index is 0.000000175. The molecule has 12 nitrogen and oxygen atoms in total. The number of carboxylic acids is 2. The molecule has 4 N–H and O–H groups in total. The Kier molecular flexibility index (Phi) is 21.3. The number of rotatable bonds is 6. The van der Waals surface area contributed by atoms with Gasteiger partial charge in [0.2, 0.25) is 0 Å². The van der Waals surface area contributed by atoms with Crippen molar-refractivity contribution in [3.63, 3.8) is 0 Å². The summed E-state index contributed by atoms with van der Waals surface area (Å²) in [4.78, 5) is 58.1. The van der Waals surface area contributed by atoms with Crippen molar-refractivity contribution in [2.24, 2.45) is 92.7 Å². The first-order chi connectivity index (χ1) is 34.2. The average Bonchev–Trinajstić information content (AvgIpc) is 3.33. The molecule has 2 heterocycles. The third kappa shape index (κ3) is 12.9. The van der Waals surface area contributed by atoms with Crippen LogP contribution in [0.2, 0.25) is 0 Å². The Morgan fingerprint density at radius 3 is 1.41 bits per heavy atom. The zero-order valence-corrected chi connectivity index (χ0v) is 48.9. The van der Waals surface area contributed by atoms with Gasteiger partial charge in [-0.05, 0) is 240 Å². The van der Waals surface area contributed by atoms with Gasteiger partial charge in [0.05, 0.1) is 50.9 Å². The molecule has 18 rings (SSSR count). The van der Waals surface area contributed by atoms with Gasteiger partial charge < -0.3 is 36.1 Å². The molecule has 16 bridgehead atoms. The summed E-state index contributed by atoms with van der Waals surface area (Å²) >= 11 is 4.31. The summed E-state index contributed by atoms with van der Waals surface area (Å²) in [5, 5.41) is 38.5. The van der Waals surface area contributed by atoms with Crippen molar-refractivity contribution in [1.29, 1.82) is 1.28 Å². The first kappa shape index (κ1) is 61.0. The number of hydrogen-bond donors (Lipinski definition) is 4. The molecule has 18 aliphatic rings. The molecule has 1 saturated heterocycles. The summed E-state index contributed by atoms with van der Waals surface area (Å²) < 4.78 is 23.4. The van der Waals surface area contributed by atoms with Crippen molar-refractivity contribution < 1.29 is 89.6 Å². The Morgan fingerprint density at radius 2 is 1.05 bits per heavy atom. The standard InChI is InChI=1S/C17H26O3.C12H18O2.C11H16O3.C11H14O3.C5H8O.CH4.B.Na.H2P2S.H/c1-11(18)17-8-12-6-13(9-17)16(14(7-12)10-17)20-15-4-2-3-5-19-15;1-7(13)12-4-8-2-9(5-12)11(14)10(3-8)6-12;2*12-9-7-1-6-2-8(9)5-11(3-6,4-7)10(13)14;1-2-4-6-5-3-1;;;;1-2-3;/h12-16H,2-10H2,1H3;8-11,14H,2-6H2,1H3;6-9,12H,1-5H2,(H,13,14);6-8H,1-5H2,(H,13,14);2,4H,1,3,5H2;1H4;;;1H2;/q;;;;;;;+1;;-1/p+1/i/hT. The summed E-state index contributed by atoms with van der Waals surface area (Å²) in [6.45, 7) is 4.46. The fourth-order valence-corrected chi connectivity index (χ4v) is 18.8. The molecule has 0 aromatic carbocycles. The monoisotopic (exact) mass is 1100 g/mol. The second-order valence-electron chi connectivity index (χ2n) is 25.9. The van der Waals surface area contributed by atoms with E-state index in [1.54, 1.807) is 13.2 Å². The zero-order valence-electron chi connectivity index (χ0n) is 46.0. The van der Waals surface area contributed by atoms with Crippen LogP contribution in [0.4, 0.5) is 0 Å². The fourth-order valence-electron chi connectivity index (χ4n) is 18.8. The largest absolute Gasteiger partial charge is 1.00 e. The molecule has 17 heteroatoms. The topological polar surface area (TPSA) is 194 Å². The van der Waals surface area contributed by atoms with Crippen LogP contribution in [0, 0.1) is 92.7 Å². The number of carbonyl (C=O) groups is 5. The second-order valence-corrected chi connectivity index (χ2v) is 28.6. The van der Waals surface area contributed by atoms with Crippen LogP contribution in [0.5, 0.6) is 0 Å². The third-order valence-electron chi connectivity index (χ3n) is 21.3. The van der Waals surface area contributed by atoms with E-state index in [1.807, 2.05) is 13.0 Å². The van der Waals surface area contributed by atoms with E-state index >= 15 is 0 Å². The Morgan fingerprint density at radius 1 is 0.662 bits per heavy atom. The van der Waals surface area contributed by atoms with Crippen LogP contribution in [0.15, 0.2) is 12.3 Å². The molecule has 74 heavy (non-hydrogen) atoms. The van der Waals surface area contributed by atoms with Gasteiger partial charge in [0.25, 0.3) is 0 Å². The molecule has 0 amide bonds. The predicted molar refractivity (Wildman–Crippen MR) is 289 cm³/mol. The summed E-state index contributed by atoms with van der Waals surface area (Å²) in [6, 6.07) is 0. The first-order valence-corrected chi connectivity index (χ1v) is 31.4. The van der Waals surface area contributed by atoms with Crippen molar-refractivity contribution >= 4 is 65.4 Å². The van der Waals surface area contributed by atoms with Gasteiger partial charge >= 0.3 is 42.8 Å². The van der Waals surface area contributed by atoms with Gasteiger partial charge in [-0.15, -0.1) is 0 Å². The van der Waals surface area contributed by atoms with Crippen LogP contribution in [0.25, 0.3) is 0 Å². The van der Waals surface area contributed by atoms with Gasteiger partial charge in [-0.3, -0.25) is 24.0 Å². The molecule has 0 spiro atoms. The van der Waals surface area contributed by atoms with Crippen molar-refractivity contribution in [3.05, 3.63) is 12.3 Å². The van der Waals surface area contributed by atoms with Crippen LogP contribution >= 0.6 is 15.9 Å². The van der Waals surface area contributed by atoms with Crippen LogP contribution in [0.3, 0.4) is 0 Å². The maximum absolute atomic E-state index is 12.1. The Bertz CT molecular complexity index is 1970. The molecule has 11 unspecified atom stereocenters. The molecule has 2 aliphatic heterocycles. The predicted octanol–water partition coefficient (Wildman–Crippen LogP) is 7.40. The molecular formula is C57H90BNaO12P2S+. The van der Waals surface area contributed by atoms with Crippen LogP contribution in [0.1, 0.15) is 183 Å². The normalized spacial score (nSPS) is 46.0. The van der Waals surface area contributed by atoms with Gasteiger partial charge in [0.15, 0.2) is 25.1 Å². The minimum Gasteiger partial charge on any atom is -1.00 e. The Hall–Kier alpha value is -0.655. The molecule has 409 valence electrons. The molecule has 0 aromatic rings. The number of ketones is 3. The number of aliphatic hydroxyl groups excluding tert-OH is 2. The quantitative estimate of drug-likeness (QED) is 0.152. The fraction of sp³-hybridized carbons (Fsp3) is 0.877. The van der Waals surface area contributed by atoms with Crippen molar-refractivity contribution in [3.8, 4) is 0 Å². The summed E-state index contributed by atoms with van der Waals surface area (Å²) in [7, 11) is 2.20. The number of ether oxygens (including phenoxy) is 3. The van der Waals surface area contributed by atoms with E-state index < -0.39 is 29.8 Å². The minimum absolute atomic E-state index is 0. The zero-order chi connectivity index (χ0) is 51.3. The van der Waals surface area contributed by atoms with E-state index in [9.17, 15) is 44.4 Å². The number of aliphatic carboxylic acids is 2. The molecule has 16 saturated carbocycles. The molecule has 0 aromatic heterocycles.